The van der Waals surface area contributed by atoms with Gasteiger partial charge in [-0.1, -0.05) is 27.5 Å². The summed E-state index contributed by atoms with van der Waals surface area (Å²) in [5, 5.41) is 0.325. The number of nitrogens with zero attached hydrogens (tertiary/aromatic N) is 2. The SMILES string of the molecule is Cc1cc(Oc2ncnc(Cl)c2Br)cc(C)c1Br. The lowest BCUT2D eigenvalue weighted by Gasteiger charge is -2.10. The predicted octanol–water partition coefficient (Wildman–Crippen LogP) is 5.06. The van der Waals surface area contributed by atoms with Crippen molar-refractivity contribution in [3.05, 3.63) is 43.7 Å². The first kappa shape index (κ1) is 13.8. The van der Waals surface area contributed by atoms with Crippen LogP contribution in [0.3, 0.4) is 0 Å². The molecule has 0 spiro atoms. The molecule has 0 amide bonds. The highest BCUT2D eigenvalue weighted by Crippen LogP contribution is 2.33. The highest BCUT2D eigenvalue weighted by atomic mass is 79.9. The standard InChI is InChI=1S/C12H9Br2ClN2O/c1-6-3-8(4-7(2)9(6)13)18-12-10(14)11(15)16-5-17-12/h3-5H,1-2H3. The lowest BCUT2D eigenvalue weighted by Crippen LogP contribution is -1.93. The van der Waals surface area contributed by atoms with E-state index in [2.05, 4.69) is 41.8 Å². The van der Waals surface area contributed by atoms with Gasteiger partial charge in [0.05, 0.1) is 0 Å². The zero-order chi connectivity index (χ0) is 13.3. The van der Waals surface area contributed by atoms with Crippen LogP contribution in [-0.2, 0) is 0 Å². The van der Waals surface area contributed by atoms with Crippen LogP contribution in [0.4, 0.5) is 0 Å². The minimum atomic E-state index is 0.325. The van der Waals surface area contributed by atoms with Crippen LogP contribution in [0.15, 0.2) is 27.4 Å². The molecular weight excluding hydrogens is 383 g/mol. The van der Waals surface area contributed by atoms with Crippen LogP contribution < -0.4 is 4.74 Å². The third-order valence-corrected chi connectivity index (χ3v) is 4.82. The van der Waals surface area contributed by atoms with Gasteiger partial charge in [0.25, 0.3) is 0 Å². The van der Waals surface area contributed by atoms with E-state index in [9.17, 15) is 0 Å². The summed E-state index contributed by atoms with van der Waals surface area (Å²) in [6, 6.07) is 3.86. The first-order valence-corrected chi connectivity index (χ1v) is 7.06. The normalized spacial score (nSPS) is 10.5. The fourth-order valence-electron chi connectivity index (χ4n) is 1.48. The van der Waals surface area contributed by atoms with Crippen LogP contribution >= 0.6 is 43.5 Å². The molecule has 0 aliphatic heterocycles. The minimum Gasteiger partial charge on any atom is -0.438 e. The molecule has 0 saturated heterocycles. The highest BCUT2D eigenvalue weighted by molar-refractivity contribution is 9.11. The molecular formula is C12H9Br2ClN2O. The summed E-state index contributed by atoms with van der Waals surface area (Å²) < 4.78 is 7.33. The van der Waals surface area contributed by atoms with Crippen LogP contribution in [0.1, 0.15) is 11.1 Å². The number of hydrogen-bond donors (Lipinski definition) is 0. The molecule has 0 N–H and O–H groups in total. The van der Waals surface area contributed by atoms with E-state index in [0.717, 1.165) is 15.6 Å². The second kappa shape index (κ2) is 5.55. The largest absolute Gasteiger partial charge is 0.438 e. The molecule has 0 aliphatic rings. The van der Waals surface area contributed by atoms with E-state index in [1.165, 1.54) is 6.33 Å². The fraction of sp³-hybridized carbons (Fsp3) is 0.167. The highest BCUT2D eigenvalue weighted by Gasteiger charge is 2.10. The monoisotopic (exact) mass is 390 g/mol. The van der Waals surface area contributed by atoms with Crippen LogP contribution in [-0.4, -0.2) is 9.97 Å². The van der Waals surface area contributed by atoms with Crippen LogP contribution in [0.2, 0.25) is 5.15 Å². The molecule has 1 aromatic carbocycles. The molecule has 94 valence electrons. The van der Waals surface area contributed by atoms with Crippen molar-refractivity contribution in [2.45, 2.75) is 13.8 Å². The van der Waals surface area contributed by atoms with Gasteiger partial charge in [-0.15, -0.1) is 0 Å². The number of aromatic nitrogens is 2. The summed E-state index contributed by atoms with van der Waals surface area (Å²) in [7, 11) is 0. The average molecular weight is 392 g/mol. The van der Waals surface area contributed by atoms with Crippen molar-refractivity contribution in [1.82, 2.24) is 9.97 Å². The molecule has 0 unspecified atom stereocenters. The predicted molar refractivity (Wildman–Crippen MR) is 78.4 cm³/mol. The van der Waals surface area contributed by atoms with Crippen molar-refractivity contribution in [1.29, 1.82) is 0 Å². The van der Waals surface area contributed by atoms with Gasteiger partial charge in [0.1, 0.15) is 16.5 Å². The molecule has 0 bridgehead atoms. The molecule has 0 fully saturated rings. The first-order chi connectivity index (χ1) is 8.49. The molecule has 3 nitrogen and oxygen atoms in total. The Morgan fingerprint density at radius 2 is 1.67 bits per heavy atom. The quantitative estimate of drug-likeness (QED) is 0.670. The summed E-state index contributed by atoms with van der Waals surface area (Å²) in [6.07, 6.45) is 1.36. The lowest BCUT2D eigenvalue weighted by atomic mass is 10.1. The van der Waals surface area contributed by atoms with Gasteiger partial charge in [0, 0.05) is 4.47 Å². The van der Waals surface area contributed by atoms with E-state index >= 15 is 0 Å². The Morgan fingerprint density at radius 3 is 2.28 bits per heavy atom. The van der Waals surface area contributed by atoms with Gasteiger partial charge >= 0.3 is 0 Å². The van der Waals surface area contributed by atoms with E-state index in [1.54, 1.807) is 0 Å². The van der Waals surface area contributed by atoms with E-state index < -0.39 is 0 Å². The van der Waals surface area contributed by atoms with Crippen molar-refractivity contribution >= 4 is 43.5 Å². The Balaban J connectivity index is 2.37. The third-order valence-electron chi connectivity index (χ3n) is 2.34. The Hall–Kier alpha value is -0.650. The number of rotatable bonds is 2. The second-order valence-corrected chi connectivity index (χ2v) is 5.70. The Labute approximate surface area is 127 Å². The summed E-state index contributed by atoms with van der Waals surface area (Å²) in [5.41, 5.74) is 2.20. The van der Waals surface area contributed by atoms with Gasteiger partial charge in [-0.3, -0.25) is 0 Å². The van der Waals surface area contributed by atoms with E-state index in [-0.39, 0.29) is 0 Å². The maximum atomic E-state index is 5.88. The number of hydrogen-bond acceptors (Lipinski definition) is 3. The van der Waals surface area contributed by atoms with Crippen molar-refractivity contribution in [3.8, 4) is 11.6 Å². The molecule has 0 atom stereocenters. The topological polar surface area (TPSA) is 35.0 Å². The molecule has 0 aliphatic carbocycles. The zero-order valence-corrected chi connectivity index (χ0v) is 13.6. The molecule has 0 radical (unpaired) electrons. The zero-order valence-electron chi connectivity index (χ0n) is 9.67. The molecule has 2 rings (SSSR count). The molecule has 1 heterocycles. The van der Waals surface area contributed by atoms with Gasteiger partial charge in [0.15, 0.2) is 5.15 Å². The minimum absolute atomic E-state index is 0.325. The molecule has 6 heteroatoms. The number of halogens is 3. The smallest absolute Gasteiger partial charge is 0.238 e. The van der Waals surface area contributed by atoms with Gasteiger partial charge in [-0.2, -0.15) is 0 Å². The first-order valence-electron chi connectivity index (χ1n) is 5.09. The molecule has 2 aromatic rings. The van der Waals surface area contributed by atoms with Gasteiger partial charge in [-0.05, 0) is 53.0 Å². The van der Waals surface area contributed by atoms with Gasteiger partial charge in [-0.25, -0.2) is 9.97 Å². The van der Waals surface area contributed by atoms with Crippen LogP contribution in [0.25, 0.3) is 0 Å². The van der Waals surface area contributed by atoms with Crippen LogP contribution in [0.5, 0.6) is 11.6 Å². The van der Waals surface area contributed by atoms with E-state index in [0.29, 0.717) is 21.3 Å². The lowest BCUT2D eigenvalue weighted by molar-refractivity contribution is 0.457. The van der Waals surface area contributed by atoms with Crippen molar-refractivity contribution in [2.24, 2.45) is 0 Å². The van der Waals surface area contributed by atoms with Crippen molar-refractivity contribution < 1.29 is 4.74 Å². The summed E-state index contributed by atoms with van der Waals surface area (Å²) in [5.74, 6) is 1.11. The summed E-state index contributed by atoms with van der Waals surface area (Å²) in [6.45, 7) is 4.01. The van der Waals surface area contributed by atoms with Gasteiger partial charge in [0.2, 0.25) is 5.88 Å². The van der Waals surface area contributed by atoms with E-state index in [4.69, 9.17) is 16.3 Å². The van der Waals surface area contributed by atoms with E-state index in [1.807, 2.05) is 26.0 Å². The number of ether oxygens (including phenoxy) is 1. The maximum absolute atomic E-state index is 5.88. The molecule has 1 aromatic heterocycles. The summed E-state index contributed by atoms with van der Waals surface area (Å²) in [4.78, 5) is 7.89. The fourth-order valence-corrected chi connectivity index (χ4v) is 2.12. The Bertz CT molecular complexity index is 582. The summed E-state index contributed by atoms with van der Waals surface area (Å²) >= 11 is 12.7. The Kier molecular flexibility index (Phi) is 4.25. The third kappa shape index (κ3) is 2.84. The number of benzene rings is 1. The maximum Gasteiger partial charge on any atom is 0.238 e. The van der Waals surface area contributed by atoms with Crippen molar-refractivity contribution in [3.63, 3.8) is 0 Å². The van der Waals surface area contributed by atoms with Gasteiger partial charge < -0.3 is 4.74 Å². The number of aryl methyl sites for hydroxylation is 2. The van der Waals surface area contributed by atoms with Crippen molar-refractivity contribution in [2.75, 3.05) is 0 Å². The average Bonchev–Trinajstić information content (AvgIpc) is 2.32. The Morgan fingerprint density at radius 1 is 1.06 bits per heavy atom. The second-order valence-electron chi connectivity index (χ2n) is 3.76. The van der Waals surface area contributed by atoms with Crippen LogP contribution in [0, 0.1) is 13.8 Å². The molecule has 18 heavy (non-hydrogen) atoms. The molecule has 0 saturated carbocycles.